The van der Waals surface area contributed by atoms with Crippen LogP contribution >= 0.6 is 7.60 Å². The lowest BCUT2D eigenvalue weighted by molar-refractivity contribution is -0.0826. The third-order valence-corrected chi connectivity index (χ3v) is 5.69. The van der Waals surface area contributed by atoms with Gasteiger partial charge in [0.15, 0.2) is 0 Å². The summed E-state index contributed by atoms with van der Waals surface area (Å²) in [7, 11) is -2.47. The van der Waals surface area contributed by atoms with E-state index in [4.69, 9.17) is 18.5 Å². The number of rotatable bonds is 12. The van der Waals surface area contributed by atoms with Crippen LogP contribution in [0.5, 0.6) is 0 Å². The summed E-state index contributed by atoms with van der Waals surface area (Å²) >= 11 is 0. The highest BCUT2D eigenvalue weighted by atomic mass is 31.2. The first-order valence-corrected chi connectivity index (χ1v) is 9.47. The van der Waals surface area contributed by atoms with Crippen molar-refractivity contribution >= 4 is 17.1 Å². The van der Waals surface area contributed by atoms with Crippen molar-refractivity contribution in [3.05, 3.63) is 0 Å². The van der Waals surface area contributed by atoms with E-state index in [2.05, 4.69) is 0 Å². The van der Waals surface area contributed by atoms with Gasteiger partial charge in [-0.15, -0.1) is 0 Å². The molecule has 0 N–H and O–H groups in total. The highest BCUT2D eigenvalue weighted by molar-refractivity contribution is 7.53. The van der Waals surface area contributed by atoms with Crippen LogP contribution in [0.2, 0.25) is 6.04 Å². The molecule has 0 saturated heterocycles. The van der Waals surface area contributed by atoms with Crippen LogP contribution in [0, 0.1) is 0 Å². The predicted molar refractivity (Wildman–Crippen MR) is 73.3 cm³/mol. The summed E-state index contributed by atoms with van der Waals surface area (Å²) in [5.74, 6) is -0.197. The summed E-state index contributed by atoms with van der Waals surface area (Å²) in [5, 5.41) is 0. The minimum absolute atomic E-state index is 0.197. The van der Waals surface area contributed by atoms with Crippen LogP contribution in [0.1, 0.15) is 27.7 Å². The lowest BCUT2D eigenvalue weighted by Crippen LogP contribution is -2.25. The molecule has 18 heavy (non-hydrogen) atoms. The first-order valence-electron chi connectivity index (χ1n) is 6.46. The Morgan fingerprint density at radius 2 is 1.44 bits per heavy atom. The first kappa shape index (κ1) is 18.3. The molecule has 0 saturated carbocycles. The fourth-order valence-corrected chi connectivity index (χ4v) is 4.88. The van der Waals surface area contributed by atoms with Crippen LogP contribution < -0.4 is 0 Å². The van der Waals surface area contributed by atoms with Crippen molar-refractivity contribution in [2.24, 2.45) is 0 Å². The summed E-state index contributed by atoms with van der Waals surface area (Å²) < 4.78 is 33.5. The van der Waals surface area contributed by atoms with E-state index >= 15 is 0 Å². The largest absolute Gasteiger partial charge is 0.357 e. The molecule has 0 aromatic heterocycles. The van der Waals surface area contributed by atoms with E-state index in [9.17, 15) is 4.57 Å². The van der Waals surface area contributed by atoms with Crippen LogP contribution in [0.4, 0.5) is 0 Å². The van der Waals surface area contributed by atoms with Crippen LogP contribution in [-0.4, -0.2) is 48.0 Å². The molecule has 5 nitrogen and oxygen atoms in total. The minimum atomic E-state index is -2.92. The van der Waals surface area contributed by atoms with Gasteiger partial charge in [-0.1, -0.05) is 0 Å². The SMILES string of the molecule is CCOC(OCC)[Si]CCP(=O)(OCC)OCC. The molecule has 0 aliphatic heterocycles. The van der Waals surface area contributed by atoms with E-state index < -0.39 is 7.60 Å². The highest BCUT2D eigenvalue weighted by Crippen LogP contribution is 2.48. The van der Waals surface area contributed by atoms with E-state index in [0.29, 0.717) is 42.1 Å². The number of hydrogen-bond acceptors (Lipinski definition) is 5. The molecule has 0 fully saturated rings. The summed E-state index contributed by atoms with van der Waals surface area (Å²) in [5.41, 5.74) is 0. The Balaban J connectivity index is 4.06. The first-order chi connectivity index (χ1) is 8.61. The monoisotopic (exact) mass is 296 g/mol. The molecule has 0 heterocycles. The molecule has 0 atom stereocenters. The van der Waals surface area contributed by atoms with Gasteiger partial charge >= 0.3 is 7.60 Å². The third-order valence-electron chi connectivity index (χ3n) is 1.98. The van der Waals surface area contributed by atoms with Gasteiger partial charge in [0.25, 0.3) is 0 Å². The average molecular weight is 296 g/mol. The molecule has 0 amide bonds. The Bertz CT molecular complexity index is 223. The zero-order valence-electron chi connectivity index (χ0n) is 11.8. The molecule has 0 rings (SSSR count). The molecule has 0 aromatic rings. The Hall–Kier alpha value is 0.287. The van der Waals surface area contributed by atoms with E-state index in [1.165, 1.54) is 0 Å². The molecule has 0 bridgehead atoms. The van der Waals surface area contributed by atoms with Crippen molar-refractivity contribution in [2.75, 3.05) is 32.6 Å². The lowest BCUT2D eigenvalue weighted by atomic mass is 10.8. The maximum absolute atomic E-state index is 12.2. The van der Waals surface area contributed by atoms with Gasteiger partial charge < -0.3 is 18.5 Å². The molecule has 108 valence electrons. The van der Waals surface area contributed by atoms with Crippen LogP contribution in [0.15, 0.2) is 0 Å². The molecular formula is C11H25O5PSi. The summed E-state index contributed by atoms with van der Waals surface area (Å²) in [4.78, 5) is 0. The maximum Gasteiger partial charge on any atom is 0.330 e. The van der Waals surface area contributed by atoms with E-state index in [1.807, 2.05) is 27.7 Å². The van der Waals surface area contributed by atoms with Gasteiger partial charge in [0.05, 0.1) is 13.2 Å². The standard InChI is InChI=1S/C11H25O5PSi/c1-5-13-11(14-6-2)18-10-9-17(12,15-7-3)16-8-4/h11H,5-10H2,1-4H3. The lowest BCUT2D eigenvalue weighted by Gasteiger charge is -2.19. The molecule has 0 aliphatic rings. The van der Waals surface area contributed by atoms with Crippen molar-refractivity contribution < 1.29 is 23.1 Å². The molecule has 2 radical (unpaired) electrons. The summed E-state index contributed by atoms with van der Waals surface area (Å²) in [6.45, 7) is 9.54. The van der Waals surface area contributed by atoms with Crippen molar-refractivity contribution in [1.29, 1.82) is 0 Å². The fourth-order valence-electron chi connectivity index (χ4n) is 1.35. The molecule has 0 spiro atoms. The smallest absolute Gasteiger partial charge is 0.330 e. The van der Waals surface area contributed by atoms with Crippen molar-refractivity contribution in [2.45, 2.75) is 39.7 Å². The van der Waals surface area contributed by atoms with Gasteiger partial charge in [0.1, 0.15) is 15.4 Å². The van der Waals surface area contributed by atoms with Crippen LogP contribution in [-0.2, 0) is 23.1 Å². The second-order valence-corrected chi connectivity index (χ2v) is 6.93. The van der Waals surface area contributed by atoms with Crippen molar-refractivity contribution in [3.63, 3.8) is 0 Å². The maximum atomic E-state index is 12.2. The quantitative estimate of drug-likeness (QED) is 0.315. The number of hydrogen-bond donors (Lipinski definition) is 0. The van der Waals surface area contributed by atoms with Gasteiger partial charge in [0.2, 0.25) is 0 Å². The van der Waals surface area contributed by atoms with Gasteiger partial charge in [-0.3, -0.25) is 4.57 Å². The number of ether oxygens (including phenoxy) is 2. The van der Waals surface area contributed by atoms with Crippen molar-refractivity contribution in [1.82, 2.24) is 0 Å². The van der Waals surface area contributed by atoms with Gasteiger partial charge in [0, 0.05) is 19.4 Å². The highest BCUT2D eigenvalue weighted by Gasteiger charge is 2.24. The fraction of sp³-hybridized carbons (Fsp3) is 1.00. The van der Waals surface area contributed by atoms with Gasteiger partial charge in [-0.05, 0) is 33.7 Å². The molecule has 0 aromatic carbocycles. The Labute approximate surface area is 113 Å². The predicted octanol–water partition coefficient (Wildman–Crippen LogP) is 2.73. The zero-order valence-corrected chi connectivity index (χ0v) is 13.7. The van der Waals surface area contributed by atoms with Crippen molar-refractivity contribution in [3.8, 4) is 0 Å². The Morgan fingerprint density at radius 3 is 1.83 bits per heavy atom. The normalized spacial score (nSPS) is 12.3. The van der Waals surface area contributed by atoms with E-state index in [0.717, 1.165) is 6.04 Å². The third kappa shape index (κ3) is 8.40. The van der Waals surface area contributed by atoms with E-state index in [1.54, 1.807) is 0 Å². The average Bonchev–Trinajstić information content (AvgIpc) is 2.30. The molecule has 0 aliphatic carbocycles. The second kappa shape index (κ2) is 11.1. The van der Waals surface area contributed by atoms with Crippen LogP contribution in [0.25, 0.3) is 0 Å². The van der Waals surface area contributed by atoms with Gasteiger partial charge in [-0.2, -0.15) is 0 Å². The summed E-state index contributed by atoms with van der Waals surface area (Å²) in [6, 6.07) is 0.724. The second-order valence-electron chi connectivity index (χ2n) is 3.37. The summed E-state index contributed by atoms with van der Waals surface area (Å²) in [6.07, 6.45) is 0.420. The Morgan fingerprint density at radius 1 is 0.944 bits per heavy atom. The van der Waals surface area contributed by atoms with Crippen LogP contribution in [0.3, 0.4) is 0 Å². The minimum Gasteiger partial charge on any atom is -0.357 e. The molecule has 7 heteroatoms. The Kier molecular flexibility index (Phi) is 11.3. The molecular weight excluding hydrogens is 271 g/mol. The van der Waals surface area contributed by atoms with Gasteiger partial charge in [-0.25, -0.2) is 0 Å². The topological polar surface area (TPSA) is 54.0 Å². The zero-order chi connectivity index (χ0) is 13.9. The molecule has 0 unspecified atom stereocenters. The van der Waals surface area contributed by atoms with E-state index in [-0.39, 0.29) is 5.91 Å².